The van der Waals surface area contributed by atoms with Crippen LogP contribution in [0.15, 0.2) is 109 Å². The van der Waals surface area contributed by atoms with Crippen molar-refractivity contribution in [2.75, 3.05) is 0 Å². The van der Waals surface area contributed by atoms with Gasteiger partial charge >= 0.3 is 12.3 Å². The molecule has 0 unspecified atom stereocenters. The number of alkyl halides is 5. The van der Waals surface area contributed by atoms with Crippen LogP contribution in [0.25, 0.3) is 0 Å². The summed E-state index contributed by atoms with van der Waals surface area (Å²) in [6.07, 6.45) is -6.78. The van der Waals surface area contributed by atoms with Crippen molar-refractivity contribution in [2.45, 2.75) is 25.6 Å². The van der Waals surface area contributed by atoms with Crippen LogP contribution in [0.4, 0.5) is 35.1 Å². The van der Waals surface area contributed by atoms with Crippen molar-refractivity contribution in [2.24, 2.45) is 0 Å². The van der Waals surface area contributed by atoms with E-state index in [0.717, 1.165) is 0 Å². The Kier molecular flexibility index (Phi) is 9.71. The number of hydrogen-bond acceptors (Lipinski definition) is 1. The summed E-state index contributed by atoms with van der Waals surface area (Å²) in [5.41, 5.74) is -4.04. The van der Waals surface area contributed by atoms with Crippen molar-refractivity contribution < 1.29 is 39.9 Å². The van der Waals surface area contributed by atoms with E-state index in [4.69, 9.17) is 0 Å². The zero-order chi connectivity index (χ0) is 24.7. The lowest BCUT2D eigenvalue weighted by atomic mass is 10.0. The molecule has 1 nitrogen and oxygen atoms in total. The fourth-order valence-electron chi connectivity index (χ4n) is 1.59. The van der Waals surface area contributed by atoms with Crippen molar-refractivity contribution in [3.63, 3.8) is 0 Å². The van der Waals surface area contributed by atoms with Gasteiger partial charge in [-0.2, -0.15) is 22.0 Å². The molecule has 0 bridgehead atoms. The van der Waals surface area contributed by atoms with Crippen LogP contribution in [0.1, 0.15) is 13.3 Å². The highest BCUT2D eigenvalue weighted by molar-refractivity contribution is 5.50. The molecule has 0 aliphatic heterocycles. The number of allylic oxidation sites excluding steroid dienone is 9. The molecule has 0 aromatic carbocycles. The fraction of sp³-hybridized carbons (Fsp3) is 0.182. The summed E-state index contributed by atoms with van der Waals surface area (Å²) in [5, 5.41) is 0. The molecule has 0 aliphatic rings. The fourth-order valence-corrected chi connectivity index (χ4v) is 1.59. The second-order valence-corrected chi connectivity index (χ2v) is 6.01. The van der Waals surface area contributed by atoms with Gasteiger partial charge in [-0.25, -0.2) is 13.2 Å². The average Bonchev–Trinajstić information content (AvgIpc) is 2.67. The van der Waals surface area contributed by atoms with Gasteiger partial charge in [0.05, 0.1) is 11.1 Å². The smallest absolute Gasteiger partial charge is 0.429 e. The van der Waals surface area contributed by atoms with Crippen LogP contribution in [0, 0.1) is 0 Å². The molecule has 0 amide bonds. The minimum absolute atomic E-state index is 0.138. The molecule has 0 aromatic heterocycles. The van der Waals surface area contributed by atoms with E-state index in [2.05, 4.69) is 44.2 Å². The van der Waals surface area contributed by atoms with E-state index >= 15 is 0 Å². The summed E-state index contributed by atoms with van der Waals surface area (Å²) >= 11 is 0. The zero-order valence-electron chi connectivity index (χ0n) is 16.6. The minimum Gasteiger partial charge on any atom is -0.429 e. The van der Waals surface area contributed by atoms with Crippen molar-refractivity contribution in [1.29, 1.82) is 0 Å². The molecule has 0 heterocycles. The Bertz CT molecular complexity index is 895. The molecule has 0 spiro atoms. The Morgan fingerprint density at radius 2 is 1.32 bits per heavy atom. The van der Waals surface area contributed by atoms with Crippen LogP contribution in [0.2, 0.25) is 0 Å². The van der Waals surface area contributed by atoms with Gasteiger partial charge < -0.3 is 4.74 Å². The van der Waals surface area contributed by atoms with Crippen LogP contribution in [-0.4, -0.2) is 12.3 Å². The predicted molar refractivity (Wildman–Crippen MR) is 105 cm³/mol. The lowest BCUT2D eigenvalue weighted by Gasteiger charge is -2.20. The summed E-state index contributed by atoms with van der Waals surface area (Å²) in [5.74, 6) is -7.38. The van der Waals surface area contributed by atoms with Crippen molar-refractivity contribution in [1.82, 2.24) is 0 Å². The van der Waals surface area contributed by atoms with Gasteiger partial charge in [-0.1, -0.05) is 64.1 Å². The molecule has 0 radical (unpaired) electrons. The lowest BCUT2D eigenvalue weighted by Crippen LogP contribution is -2.23. The molecule has 0 atom stereocenters. The van der Waals surface area contributed by atoms with Crippen LogP contribution in [-0.2, 0) is 4.74 Å². The van der Waals surface area contributed by atoms with E-state index in [1.54, 1.807) is 6.92 Å². The Morgan fingerprint density at radius 3 is 1.77 bits per heavy atom. The Morgan fingerprint density at radius 1 is 0.806 bits per heavy atom. The molecular formula is C22H20F8O. The maximum Gasteiger partial charge on any atom is 0.429 e. The minimum atomic E-state index is -5.17. The van der Waals surface area contributed by atoms with Crippen molar-refractivity contribution in [3.05, 3.63) is 109 Å². The van der Waals surface area contributed by atoms with Crippen LogP contribution < -0.4 is 0 Å². The lowest BCUT2D eigenvalue weighted by molar-refractivity contribution is -0.178. The molecule has 9 heteroatoms. The third-order valence-electron chi connectivity index (χ3n) is 3.61. The van der Waals surface area contributed by atoms with Crippen molar-refractivity contribution in [3.8, 4) is 0 Å². The Balaban J connectivity index is 5.57. The highest BCUT2D eigenvalue weighted by Gasteiger charge is 2.41. The summed E-state index contributed by atoms with van der Waals surface area (Å²) in [6.45, 7) is 19.9. The van der Waals surface area contributed by atoms with Gasteiger partial charge in [0.15, 0.2) is 11.7 Å². The highest BCUT2D eigenvalue weighted by atomic mass is 19.4. The van der Waals surface area contributed by atoms with Gasteiger partial charge in [0, 0.05) is 11.6 Å². The standard InChI is InChI=1S/C22H20F8O/c1-8-12(2)9-10-13(3)15(5)19(24)20(25)17(7)22(29,30)31-14(4)11-18(23)16(6)21(26,27)28/h9-11H,2-8H2,1H3/b10-9-,18-11+,20-19-. The first-order valence-electron chi connectivity index (χ1n) is 8.34. The first kappa shape index (κ1) is 27.9. The summed E-state index contributed by atoms with van der Waals surface area (Å²) < 4.78 is 111. The van der Waals surface area contributed by atoms with Crippen LogP contribution in [0.3, 0.4) is 0 Å². The Labute approximate surface area is 175 Å². The van der Waals surface area contributed by atoms with Gasteiger partial charge in [-0.15, -0.1) is 0 Å². The third kappa shape index (κ3) is 8.27. The summed E-state index contributed by atoms with van der Waals surface area (Å²) in [6, 6.07) is 0. The first-order chi connectivity index (χ1) is 14.0. The predicted octanol–water partition coefficient (Wildman–Crippen LogP) is 8.42. The van der Waals surface area contributed by atoms with Gasteiger partial charge in [0.25, 0.3) is 0 Å². The molecular weight excluding hydrogens is 432 g/mol. The SMILES string of the molecule is C=C(/C=C\C(=C)C(=C)/C(F)=C(/F)C(=C)C(F)(F)OC(=C)/C=C(/F)C(=C)C(F)(F)F)CC. The second kappa shape index (κ2) is 10.8. The van der Waals surface area contributed by atoms with E-state index in [1.807, 2.05) is 0 Å². The highest BCUT2D eigenvalue weighted by Crippen LogP contribution is 2.37. The largest absolute Gasteiger partial charge is 0.429 e. The van der Waals surface area contributed by atoms with E-state index in [-0.39, 0.29) is 11.6 Å². The van der Waals surface area contributed by atoms with Crippen LogP contribution in [0.5, 0.6) is 0 Å². The number of rotatable bonds is 11. The number of hydrogen-bond donors (Lipinski definition) is 0. The first-order valence-corrected chi connectivity index (χ1v) is 8.34. The second-order valence-electron chi connectivity index (χ2n) is 6.01. The monoisotopic (exact) mass is 452 g/mol. The van der Waals surface area contributed by atoms with Crippen LogP contribution >= 0.6 is 0 Å². The van der Waals surface area contributed by atoms with Crippen molar-refractivity contribution >= 4 is 0 Å². The maximum atomic E-state index is 14.2. The van der Waals surface area contributed by atoms with E-state index < -0.39 is 52.2 Å². The average molecular weight is 452 g/mol. The third-order valence-corrected chi connectivity index (χ3v) is 3.61. The molecule has 0 rings (SSSR count). The molecule has 0 fully saturated rings. The quantitative estimate of drug-likeness (QED) is 0.174. The molecule has 0 saturated carbocycles. The van der Waals surface area contributed by atoms with Gasteiger partial charge in [0.1, 0.15) is 11.6 Å². The van der Waals surface area contributed by atoms with E-state index in [0.29, 0.717) is 12.0 Å². The molecule has 0 saturated heterocycles. The van der Waals surface area contributed by atoms with Gasteiger partial charge in [0.2, 0.25) is 0 Å². The summed E-state index contributed by atoms with van der Waals surface area (Å²) in [4.78, 5) is 0. The normalized spacial score (nSPS) is 13.5. The number of ether oxygens (including phenoxy) is 1. The molecule has 0 aromatic rings. The van der Waals surface area contributed by atoms with E-state index in [1.165, 1.54) is 12.2 Å². The van der Waals surface area contributed by atoms with E-state index in [9.17, 15) is 35.1 Å². The maximum absolute atomic E-state index is 14.2. The number of halogens is 8. The topological polar surface area (TPSA) is 9.23 Å². The summed E-state index contributed by atoms with van der Waals surface area (Å²) in [7, 11) is 0. The molecule has 0 N–H and O–H groups in total. The van der Waals surface area contributed by atoms with Gasteiger partial charge in [-0.3, -0.25) is 0 Å². The molecule has 0 aliphatic carbocycles. The Hall–Kier alpha value is -3.10. The zero-order valence-corrected chi connectivity index (χ0v) is 16.6. The van der Waals surface area contributed by atoms with Gasteiger partial charge in [-0.05, 0) is 12.0 Å². The molecule has 31 heavy (non-hydrogen) atoms. The molecule has 170 valence electrons.